The quantitative estimate of drug-likeness (QED) is 0.657. The van der Waals surface area contributed by atoms with Gasteiger partial charge in [0.25, 0.3) is 0 Å². The van der Waals surface area contributed by atoms with Crippen LogP contribution >= 0.6 is 16.1 Å². The molecule has 0 aliphatic rings. The molecule has 0 spiro atoms. The maximum atomic E-state index is 4.18. The first-order valence-electron chi connectivity index (χ1n) is 5.45. The lowest BCUT2D eigenvalue weighted by Crippen LogP contribution is -1.86. The molecule has 0 amide bonds. The Kier molecular flexibility index (Phi) is 2.48. The minimum Gasteiger partial charge on any atom is -0.275 e. The molecular weight excluding hydrogens is 276 g/mol. The van der Waals surface area contributed by atoms with Crippen molar-refractivity contribution in [3.05, 3.63) is 54.4 Å². The number of para-hydroxylation sites is 1. The van der Waals surface area contributed by atoms with Crippen LogP contribution in [0.15, 0.2) is 48.8 Å². The number of aromatic nitrogens is 2. The number of pyridine rings is 1. The van der Waals surface area contributed by atoms with Gasteiger partial charge in [0.15, 0.2) is 0 Å². The third-order valence-electron chi connectivity index (χ3n) is 3.01. The highest BCUT2D eigenvalue weighted by atomic mass is 79.9. The lowest BCUT2D eigenvalue weighted by molar-refractivity contribution is 1.28. The SMILES string of the molecule is Cc1c(-c2cccnc2)n(Br)c2ccccc12. The van der Waals surface area contributed by atoms with Gasteiger partial charge in [-0.2, -0.15) is 0 Å². The summed E-state index contributed by atoms with van der Waals surface area (Å²) in [7, 11) is 0. The number of halogens is 1. The van der Waals surface area contributed by atoms with Gasteiger partial charge in [-0.25, -0.2) is 0 Å². The Balaban J connectivity index is 2.38. The normalized spacial score (nSPS) is 10.9. The standard InChI is InChI=1S/C14H11BrN2/c1-10-12-6-2-3-7-13(12)17(15)14(10)11-5-4-8-16-9-11/h2-9H,1H3. The highest BCUT2D eigenvalue weighted by Gasteiger charge is 2.13. The zero-order chi connectivity index (χ0) is 11.8. The second-order valence-corrected chi connectivity index (χ2v) is 4.72. The van der Waals surface area contributed by atoms with Crippen molar-refractivity contribution < 1.29 is 0 Å². The fourth-order valence-corrected chi connectivity index (χ4v) is 2.97. The molecule has 0 fully saturated rings. The van der Waals surface area contributed by atoms with Gasteiger partial charge in [-0.05, 0) is 30.7 Å². The van der Waals surface area contributed by atoms with E-state index in [0.29, 0.717) is 0 Å². The number of hydrogen-bond acceptors (Lipinski definition) is 1. The van der Waals surface area contributed by atoms with E-state index in [1.54, 1.807) is 6.20 Å². The van der Waals surface area contributed by atoms with Crippen LogP contribution in [0.2, 0.25) is 0 Å². The zero-order valence-corrected chi connectivity index (χ0v) is 11.0. The Morgan fingerprint density at radius 3 is 2.65 bits per heavy atom. The van der Waals surface area contributed by atoms with E-state index in [9.17, 15) is 0 Å². The highest BCUT2D eigenvalue weighted by Crippen LogP contribution is 2.34. The average Bonchev–Trinajstić information content (AvgIpc) is 2.64. The number of nitrogens with zero attached hydrogens (tertiary/aromatic N) is 2. The highest BCUT2D eigenvalue weighted by molar-refractivity contribution is 9.08. The molecule has 17 heavy (non-hydrogen) atoms. The molecule has 2 aromatic heterocycles. The van der Waals surface area contributed by atoms with Gasteiger partial charge in [-0.3, -0.25) is 8.58 Å². The van der Waals surface area contributed by atoms with Crippen molar-refractivity contribution in [1.82, 2.24) is 8.58 Å². The van der Waals surface area contributed by atoms with Crippen molar-refractivity contribution in [2.45, 2.75) is 6.92 Å². The number of fused-ring (bicyclic) bond motifs is 1. The van der Waals surface area contributed by atoms with Gasteiger partial charge in [0, 0.05) is 23.3 Å². The Morgan fingerprint density at radius 1 is 1.12 bits per heavy atom. The van der Waals surface area contributed by atoms with E-state index in [4.69, 9.17) is 0 Å². The van der Waals surface area contributed by atoms with E-state index in [0.717, 1.165) is 5.56 Å². The second-order valence-electron chi connectivity index (χ2n) is 4.01. The molecular formula is C14H11BrN2. The van der Waals surface area contributed by atoms with Crippen LogP contribution in [0.5, 0.6) is 0 Å². The van der Waals surface area contributed by atoms with Gasteiger partial charge >= 0.3 is 0 Å². The molecule has 3 heteroatoms. The minimum absolute atomic E-state index is 1.12. The lowest BCUT2D eigenvalue weighted by Gasteiger charge is -2.03. The lowest BCUT2D eigenvalue weighted by atomic mass is 10.1. The number of aryl methyl sites for hydroxylation is 1. The molecule has 0 radical (unpaired) electrons. The maximum Gasteiger partial charge on any atom is 0.0649 e. The summed E-state index contributed by atoms with van der Waals surface area (Å²) in [5.41, 5.74) is 4.74. The van der Waals surface area contributed by atoms with E-state index >= 15 is 0 Å². The predicted octanol–water partition coefficient (Wildman–Crippen LogP) is 4.17. The first kappa shape index (κ1) is 10.5. The molecule has 0 atom stereocenters. The van der Waals surface area contributed by atoms with E-state index in [1.807, 2.05) is 18.3 Å². The van der Waals surface area contributed by atoms with Crippen molar-refractivity contribution in [3.8, 4) is 11.3 Å². The molecule has 0 N–H and O–H groups in total. The largest absolute Gasteiger partial charge is 0.275 e. The van der Waals surface area contributed by atoms with Gasteiger partial charge in [0.2, 0.25) is 0 Å². The summed E-state index contributed by atoms with van der Waals surface area (Å²) < 4.78 is 2.05. The smallest absolute Gasteiger partial charge is 0.0649 e. The fourth-order valence-electron chi connectivity index (χ4n) is 2.19. The van der Waals surface area contributed by atoms with Crippen LogP contribution in [0, 0.1) is 6.92 Å². The third kappa shape index (κ3) is 1.58. The van der Waals surface area contributed by atoms with Crippen LogP contribution in [0.3, 0.4) is 0 Å². The monoisotopic (exact) mass is 286 g/mol. The van der Waals surface area contributed by atoms with Crippen LogP contribution < -0.4 is 0 Å². The molecule has 0 saturated heterocycles. The number of rotatable bonds is 1. The number of benzene rings is 1. The van der Waals surface area contributed by atoms with Gasteiger partial charge in [-0.15, -0.1) is 0 Å². The van der Waals surface area contributed by atoms with Crippen LogP contribution in [-0.4, -0.2) is 8.58 Å². The molecule has 2 nitrogen and oxygen atoms in total. The Bertz CT molecular complexity index is 632. The Labute approximate surface area is 108 Å². The molecule has 0 aliphatic heterocycles. The summed E-state index contributed by atoms with van der Waals surface area (Å²) in [5.74, 6) is 0. The zero-order valence-electron chi connectivity index (χ0n) is 9.39. The molecule has 0 bridgehead atoms. The first-order valence-corrected chi connectivity index (χ1v) is 6.16. The maximum absolute atomic E-state index is 4.18. The first-order chi connectivity index (χ1) is 8.29. The van der Waals surface area contributed by atoms with Crippen LogP contribution in [0.4, 0.5) is 0 Å². The summed E-state index contributed by atoms with van der Waals surface area (Å²) in [5, 5.41) is 1.27. The van der Waals surface area contributed by atoms with Crippen molar-refractivity contribution in [2.24, 2.45) is 0 Å². The summed E-state index contributed by atoms with van der Waals surface area (Å²) in [6.07, 6.45) is 3.68. The van der Waals surface area contributed by atoms with Crippen LogP contribution in [0.1, 0.15) is 5.56 Å². The van der Waals surface area contributed by atoms with Crippen LogP contribution in [0.25, 0.3) is 22.2 Å². The van der Waals surface area contributed by atoms with E-state index in [-0.39, 0.29) is 0 Å². The van der Waals surface area contributed by atoms with E-state index in [1.165, 1.54) is 22.2 Å². The minimum atomic E-state index is 1.12. The molecule has 3 rings (SSSR count). The van der Waals surface area contributed by atoms with Gasteiger partial charge in [-0.1, -0.05) is 18.2 Å². The van der Waals surface area contributed by atoms with Crippen molar-refractivity contribution in [3.63, 3.8) is 0 Å². The second kappa shape index (κ2) is 4.00. The molecule has 0 saturated carbocycles. The summed E-state index contributed by atoms with van der Waals surface area (Å²) in [6.45, 7) is 2.14. The summed E-state index contributed by atoms with van der Waals surface area (Å²) in [4.78, 5) is 4.18. The Morgan fingerprint density at radius 2 is 1.94 bits per heavy atom. The Hall–Kier alpha value is -1.61. The van der Waals surface area contributed by atoms with E-state index in [2.05, 4.69) is 55.9 Å². The van der Waals surface area contributed by atoms with Gasteiger partial charge < -0.3 is 0 Å². The van der Waals surface area contributed by atoms with Gasteiger partial charge in [0.05, 0.1) is 27.4 Å². The van der Waals surface area contributed by atoms with E-state index < -0.39 is 0 Å². The average molecular weight is 287 g/mol. The molecule has 84 valence electrons. The molecule has 1 aromatic carbocycles. The van der Waals surface area contributed by atoms with Crippen molar-refractivity contribution in [1.29, 1.82) is 0 Å². The van der Waals surface area contributed by atoms with Crippen molar-refractivity contribution in [2.75, 3.05) is 0 Å². The fraction of sp³-hybridized carbons (Fsp3) is 0.0714. The van der Waals surface area contributed by atoms with Gasteiger partial charge in [0.1, 0.15) is 0 Å². The summed E-state index contributed by atoms with van der Waals surface area (Å²) >= 11 is 3.63. The topological polar surface area (TPSA) is 17.8 Å². The molecule has 3 aromatic rings. The predicted molar refractivity (Wildman–Crippen MR) is 74.2 cm³/mol. The van der Waals surface area contributed by atoms with Crippen LogP contribution in [-0.2, 0) is 0 Å². The molecule has 0 aliphatic carbocycles. The van der Waals surface area contributed by atoms with Crippen molar-refractivity contribution >= 4 is 27.1 Å². The third-order valence-corrected chi connectivity index (χ3v) is 3.74. The molecule has 2 heterocycles. The molecule has 0 unspecified atom stereocenters. The number of hydrogen-bond donors (Lipinski definition) is 0. The summed E-state index contributed by atoms with van der Waals surface area (Å²) in [6, 6.07) is 12.4.